The maximum atomic E-state index is 5.99. The van der Waals surface area contributed by atoms with Crippen LogP contribution in [0.15, 0.2) is 66.7 Å². The van der Waals surface area contributed by atoms with E-state index < -0.39 is 0 Å². The highest BCUT2D eigenvalue weighted by Gasteiger charge is 2.07. The van der Waals surface area contributed by atoms with Crippen LogP contribution in [0, 0.1) is 13.8 Å². The summed E-state index contributed by atoms with van der Waals surface area (Å²) in [6.45, 7) is 6.36. The van der Waals surface area contributed by atoms with Gasteiger partial charge in [0.05, 0.1) is 7.11 Å². The Bertz CT molecular complexity index is 878. The van der Waals surface area contributed by atoms with E-state index >= 15 is 0 Å². The summed E-state index contributed by atoms with van der Waals surface area (Å²) in [5, 5.41) is 3.48. The van der Waals surface area contributed by atoms with Crippen LogP contribution >= 0.6 is 12.4 Å². The highest BCUT2D eigenvalue weighted by Crippen LogP contribution is 2.29. The zero-order valence-electron chi connectivity index (χ0n) is 16.7. The summed E-state index contributed by atoms with van der Waals surface area (Å²) in [5.74, 6) is 1.53. The zero-order chi connectivity index (χ0) is 19.1. The number of aryl methyl sites for hydroxylation is 2. The van der Waals surface area contributed by atoms with E-state index in [1.54, 1.807) is 7.11 Å². The predicted octanol–water partition coefficient (Wildman–Crippen LogP) is 5.60. The Balaban J connectivity index is 0.00000280. The fraction of sp³-hybridized carbons (Fsp3) is 0.250. The van der Waals surface area contributed by atoms with Gasteiger partial charge in [-0.25, -0.2) is 0 Å². The van der Waals surface area contributed by atoms with E-state index in [9.17, 15) is 0 Å². The van der Waals surface area contributed by atoms with Crippen LogP contribution in [0.5, 0.6) is 11.5 Å². The van der Waals surface area contributed by atoms with Gasteiger partial charge < -0.3 is 14.8 Å². The molecule has 0 bridgehead atoms. The Labute approximate surface area is 174 Å². The third kappa shape index (κ3) is 6.01. The summed E-state index contributed by atoms with van der Waals surface area (Å²) >= 11 is 0. The van der Waals surface area contributed by atoms with Crippen LogP contribution in [0.25, 0.3) is 0 Å². The molecule has 0 unspecified atom stereocenters. The van der Waals surface area contributed by atoms with Gasteiger partial charge in [0.15, 0.2) is 11.5 Å². The second-order valence-electron chi connectivity index (χ2n) is 6.79. The van der Waals surface area contributed by atoms with Crippen molar-refractivity contribution >= 4 is 12.4 Å². The van der Waals surface area contributed by atoms with Gasteiger partial charge in [0.2, 0.25) is 0 Å². The molecule has 0 aromatic heterocycles. The lowest BCUT2D eigenvalue weighted by Gasteiger charge is -2.14. The molecule has 0 aliphatic heterocycles. The average molecular weight is 398 g/mol. The third-order valence-corrected chi connectivity index (χ3v) is 4.65. The first-order valence-corrected chi connectivity index (χ1v) is 9.26. The van der Waals surface area contributed by atoms with Gasteiger partial charge in [0.25, 0.3) is 0 Å². The second kappa shape index (κ2) is 10.7. The van der Waals surface area contributed by atoms with Crippen molar-refractivity contribution in [3.8, 4) is 11.5 Å². The van der Waals surface area contributed by atoms with Crippen molar-refractivity contribution in [2.45, 2.75) is 33.5 Å². The fourth-order valence-electron chi connectivity index (χ4n) is 2.93. The van der Waals surface area contributed by atoms with Crippen molar-refractivity contribution in [2.24, 2.45) is 0 Å². The first-order valence-electron chi connectivity index (χ1n) is 9.26. The smallest absolute Gasteiger partial charge is 0.161 e. The molecule has 28 heavy (non-hydrogen) atoms. The maximum Gasteiger partial charge on any atom is 0.161 e. The molecule has 0 radical (unpaired) electrons. The Hall–Kier alpha value is -2.49. The fourth-order valence-corrected chi connectivity index (χ4v) is 2.93. The van der Waals surface area contributed by atoms with Gasteiger partial charge in [0.1, 0.15) is 6.61 Å². The molecular formula is C24H28ClNO2. The topological polar surface area (TPSA) is 30.5 Å². The van der Waals surface area contributed by atoms with E-state index in [0.29, 0.717) is 6.61 Å². The lowest BCUT2D eigenvalue weighted by atomic mass is 10.1. The van der Waals surface area contributed by atoms with Gasteiger partial charge in [-0.3, -0.25) is 0 Å². The number of rotatable bonds is 8. The van der Waals surface area contributed by atoms with E-state index in [1.165, 1.54) is 27.8 Å². The van der Waals surface area contributed by atoms with Crippen molar-refractivity contribution in [1.29, 1.82) is 0 Å². The molecule has 3 aromatic rings. The Morgan fingerprint density at radius 3 is 2.18 bits per heavy atom. The summed E-state index contributed by atoms with van der Waals surface area (Å²) in [6, 6.07) is 23.0. The van der Waals surface area contributed by atoms with E-state index in [-0.39, 0.29) is 12.4 Å². The molecule has 1 N–H and O–H groups in total. The molecule has 0 aliphatic rings. The molecule has 0 aliphatic carbocycles. The Morgan fingerprint density at radius 1 is 0.786 bits per heavy atom. The van der Waals surface area contributed by atoms with Gasteiger partial charge in [-0.2, -0.15) is 0 Å². The molecule has 0 heterocycles. The van der Waals surface area contributed by atoms with Gasteiger partial charge in [-0.05, 0) is 48.2 Å². The van der Waals surface area contributed by atoms with E-state index in [2.05, 4.69) is 61.6 Å². The van der Waals surface area contributed by atoms with Crippen LogP contribution in [-0.2, 0) is 19.7 Å². The summed E-state index contributed by atoms with van der Waals surface area (Å²) in [4.78, 5) is 0. The molecule has 3 nitrogen and oxygen atoms in total. The lowest BCUT2D eigenvalue weighted by Crippen LogP contribution is -2.12. The first-order chi connectivity index (χ1) is 13.2. The molecule has 0 saturated carbocycles. The minimum atomic E-state index is 0. The molecule has 0 spiro atoms. The summed E-state index contributed by atoms with van der Waals surface area (Å²) in [7, 11) is 1.68. The van der Waals surface area contributed by atoms with Gasteiger partial charge in [-0.15, -0.1) is 12.4 Å². The summed E-state index contributed by atoms with van der Waals surface area (Å²) < 4.78 is 11.5. The quantitative estimate of drug-likeness (QED) is 0.536. The van der Waals surface area contributed by atoms with Gasteiger partial charge in [0, 0.05) is 13.1 Å². The van der Waals surface area contributed by atoms with Gasteiger partial charge in [-0.1, -0.05) is 60.2 Å². The monoisotopic (exact) mass is 397 g/mol. The van der Waals surface area contributed by atoms with Crippen LogP contribution in [0.2, 0.25) is 0 Å². The summed E-state index contributed by atoms with van der Waals surface area (Å²) in [5.41, 5.74) is 6.15. The number of nitrogens with one attached hydrogen (secondary N) is 1. The lowest BCUT2D eigenvalue weighted by molar-refractivity contribution is 0.283. The Kier molecular flexibility index (Phi) is 8.37. The zero-order valence-corrected chi connectivity index (χ0v) is 17.5. The average Bonchev–Trinajstić information content (AvgIpc) is 2.69. The number of hydrogen-bond acceptors (Lipinski definition) is 3. The van der Waals surface area contributed by atoms with Crippen LogP contribution < -0.4 is 14.8 Å². The van der Waals surface area contributed by atoms with E-state index in [0.717, 1.165) is 24.6 Å². The molecular weight excluding hydrogens is 370 g/mol. The van der Waals surface area contributed by atoms with Crippen molar-refractivity contribution < 1.29 is 9.47 Å². The number of methoxy groups -OCH3 is 1. The highest BCUT2D eigenvalue weighted by atomic mass is 35.5. The van der Waals surface area contributed by atoms with Crippen LogP contribution in [-0.4, -0.2) is 7.11 Å². The minimum absolute atomic E-state index is 0. The van der Waals surface area contributed by atoms with Crippen molar-refractivity contribution in [3.63, 3.8) is 0 Å². The molecule has 0 fully saturated rings. The van der Waals surface area contributed by atoms with Gasteiger partial charge >= 0.3 is 0 Å². The SMILES string of the molecule is COc1cc(CNCc2ccc(C)cc2)ccc1OCc1ccccc1C.Cl. The molecule has 148 valence electrons. The number of hydrogen-bond donors (Lipinski definition) is 1. The van der Waals surface area contributed by atoms with Crippen molar-refractivity contribution in [2.75, 3.05) is 7.11 Å². The molecule has 4 heteroatoms. The predicted molar refractivity (Wildman–Crippen MR) is 117 cm³/mol. The molecule has 3 rings (SSSR count). The van der Waals surface area contributed by atoms with E-state index in [4.69, 9.17) is 9.47 Å². The largest absolute Gasteiger partial charge is 0.493 e. The van der Waals surface area contributed by atoms with Crippen LogP contribution in [0.4, 0.5) is 0 Å². The second-order valence-corrected chi connectivity index (χ2v) is 6.79. The molecule has 3 aromatic carbocycles. The molecule has 0 atom stereocenters. The van der Waals surface area contributed by atoms with Crippen LogP contribution in [0.3, 0.4) is 0 Å². The Morgan fingerprint density at radius 2 is 1.46 bits per heavy atom. The first kappa shape index (κ1) is 21.8. The number of halogens is 1. The number of ether oxygens (including phenoxy) is 2. The van der Waals surface area contributed by atoms with Crippen molar-refractivity contribution in [1.82, 2.24) is 5.32 Å². The molecule has 0 amide bonds. The van der Waals surface area contributed by atoms with Crippen LogP contribution in [0.1, 0.15) is 27.8 Å². The third-order valence-electron chi connectivity index (χ3n) is 4.65. The molecule has 0 saturated heterocycles. The summed E-state index contributed by atoms with van der Waals surface area (Å²) in [6.07, 6.45) is 0. The van der Waals surface area contributed by atoms with Crippen molar-refractivity contribution in [3.05, 3.63) is 94.5 Å². The standard InChI is InChI=1S/C24H27NO2.ClH/c1-18-8-10-20(11-9-18)15-25-16-21-12-13-23(24(14-21)26-3)27-17-22-7-5-4-6-19(22)2;/h4-14,25H,15-17H2,1-3H3;1H. The maximum absolute atomic E-state index is 5.99. The number of benzene rings is 3. The normalized spacial score (nSPS) is 10.2. The minimum Gasteiger partial charge on any atom is -0.493 e. The highest BCUT2D eigenvalue weighted by molar-refractivity contribution is 5.85. The van der Waals surface area contributed by atoms with E-state index in [1.807, 2.05) is 24.3 Å².